The van der Waals surface area contributed by atoms with E-state index in [-0.39, 0.29) is 5.91 Å². The van der Waals surface area contributed by atoms with Crippen LogP contribution in [0.4, 0.5) is 5.82 Å². The molecule has 0 radical (unpaired) electrons. The van der Waals surface area contributed by atoms with Gasteiger partial charge in [0.25, 0.3) is 0 Å². The molecule has 6 heteroatoms. The Morgan fingerprint density at radius 2 is 2.43 bits per heavy atom. The van der Waals surface area contributed by atoms with Crippen molar-refractivity contribution < 1.29 is 4.79 Å². The van der Waals surface area contributed by atoms with E-state index in [0.29, 0.717) is 12.4 Å². The molecule has 14 heavy (non-hydrogen) atoms. The van der Waals surface area contributed by atoms with Crippen LogP contribution in [0.25, 0.3) is 0 Å². The van der Waals surface area contributed by atoms with Crippen molar-refractivity contribution in [3.05, 3.63) is 10.7 Å². The Balaban J connectivity index is 2.71. The summed E-state index contributed by atoms with van der Waals surface area (Å²) in [5.41, 5.74) is 4.90. The van der Waals surface area contributed by atoms with E-state index >= 15 is 0 Å². The minimum Gasteiger partial charge on any atom is -0.329 e. The molecule has 0 spiro atoms. The molecule has 1 aromatic heterocycles. The topological polar surface area (TPSA) is 83.8 Å². The van der Waals surface area contributed by atoms with Gasteiger partial charge in [-0.3, -0.25) is 9.89 Å². The fourth-order valence-corrected chi connectivity index (χ4v) is 1.02. The van der Waals surface area contributed by atoms with Crippen LogP contribution < -0.4 is 11.1 Å². The third-order valence-electron chi connectivity index (χ3n) is 1.96. The molecule has 0 fully saturated rings. The van der Waals surface area contributed by atoms with Crippen molar-refractivity contribution in [1.29, 1.82) is 0 Å². The first-order chi connectivity index (χ1) is 6.47. The third-order valence-corrected chi connectivity index (χ3v) is 2.56. The molecular formula is C8H13BrN4O. The van der Waals surface area contributed by atoms with Gasteiger partial charge in [-0.2, -0.15) is 5.10 Å². The molecule has 5 nitrogen and oxygen atoms in total. The maximum Gasteiger partial charge on any atom is 0.232 e. The molecule has 1 aromatic rings. The summed E-state index contributed by atoms with van der Waals surface area (Å²) in [4.78, 5) is 11.7. The molecule has 1 amide bonds. The Bertz CT molecular complexity index is 334. The molecule has 1 heterocycles. The van der Waals surface area contributed by atoms with Gasteiger partial charge < -0.3 is 11.1 Å². The largest absolute Gasteiger partial charge is 0.329 e. The highest BCUT2D eigenvalue weighted by Gasteiger charge is 2.26. The second-order valence-electron chi connectivity index (χ2n) is 3.64. The first-order valence-electron chi connectivity index (χ1n) is 4.18. The molecule has 0 aliphatic carbocycles. The number of aromatic nitrogens is 2. The normalized spacial score (nSPS) is 11.4. The second-order valence-corrected chi connectivity index (χ2v) is 4.49. The number of aromatic amines is 1. The number of carbonyl (C=O) groups excluding carboxylic acids is 1. The zero-order valence-electron chi connectivity index (χ0n) is 8.10. The highest BCUT2D eigenvalue weighted by atomic mass is 79.9. The van der Waals surface area contributed by atoms with E-state index in [1.165, 1.54) is 0 Å². The average Bonchev–Trinajstić information content (AvgIpc) is 2.52. The molecule has 0 unspecified atom stereocenters. The van der Waals surface area contributed by atoms with Gasteiger partial charge in [-0.25, -0.2) is 0 Å². The number of hydrogen-bond donors (Lipinski definition) is 3. The number of rotatable bonds is 3. The molecule has 1 rings (SSSR count). The number of amides is 1. The van der Waals surface area contributed by atoms with Gasteiger partial charge in [0.2, 0.25) is 5.91 Å². The number of halogens is 1. The van der Waals surface area contributed by atoms with Gasteiger partial charge in [-0.05, 0) is 29.8 Å². The number of carbonyl (C=O) groups is 1. The lowest BCUT2D eigenvalue weighted by Crippen LogP contribution is -2.37. The molecular weight excluding hydrogens is 248 g/mol. The molecule has 0 aromatic carbocycles. The van der Waals surface area contributed by atoms with Gasteiger partial charge in [0.1, 0.15) is 5.82 Å². The Morgan fingerprint density at radius 1 is 1.79 bits per heavy atom. The zero-order chi connectivity index (χ0) is 10.8. The number of hydrogen-bond acceptors (Lipinski definition) is 3. The summed E-state index contributed by atoms with van der Waals surface area (Å²) in [6.45, 7) is 3.86. The van der Waals surface area contributed by atoms with Gasteiger partial charge in [-0.1, -0.05) is 0 Å². The number of nitrogens with one attached hydrogen (secondary N) is 2. The van der Waals surface area contributed by atoms with Crippen LogP contribution in [-0.2, 0) is 4.79 Å². The van der Waals surface area contributed by atoms with Crippen LogP contribution in [0.15, 0.2) is 10.7 Å². The van der Waals surface area contributed by atoms with E-state index in [1.54, 1.807) is 20.0 Å². The predicted octanol–water partition coefficient (Wildman–Crippen LogP) is 1.10. The quantitative estimate of drug-likeness (QED) is 0.761. The van der Waals surface area contributed by atoms with Gasteiger partial charge >= 0.3 is 0 Å². The Kier molecular flexibility index (Phi) is 3.28. The van der Waals surface area contributed by atoms with Crippen molar-refractivity contribution >= 4 is 27.7 Å². The average molecular weight is 261 g/mol. The van der Waals surface area contributed by atoms with Crippen LogP contribution in [0.3, 0.4) is 0 Å². The van der Waals surface area contributed by atoms with Gasteiger partial charge in [-0.15, -0.1) is 0 Å². The summed E-state index contributed by atoms with van der Waals surface area (Å²) in [6.07, 6.45) is 1.57. The van der Waals surface area contributed by atoms with Crippen molar-refractivity contribution in [3.63, 3.8) is 0 Å². The fourth-order valence-electron chi connectivity index (χ4n) is 0.735. The van der Waals surface area contributed by atoms with Crippen LogP contribution in [0.2, 0.25) is 0 Å². The van der Waals surface area contributed by atoms with E-state index in [0.717, 1.165) is 4.47 Å². The lowest BCUT2D eigenvalue weighted by Gasteiger charge is -2.20. The van der Waals surface area contributed by atoms with Crippen LogP contribution in [0.1, 0.15) is 13.8 Å². The fraction of sp³-hybridized carbons (Fsp3) is 0.500. The lowest BCUT2D eigenvalue weighted by molar-refractivity contribution is -0.123. The standard InChI is InChI=1S/C8H13BrN4O/c1-8(2,4-10)7(14)12-6-5(9)3-11-13-6/h3H,4,10H2,1-2H3,(H2,11,12,13,14). The predicted molar refractivity (Wildman–Crippen MR) is 57.8 cm³/mol. The van der Waals surface area contributed by atoms with E-state index in [4.69, 9.17) is 5.73 Å². The summed E-state index contributed by atoms with van der Waals surface area (Å²) >= 11 is 3.24. The third kappa shape index (κ3) is 2.33. The Hall–Kier alpha value is -0.880. The van der Waals surface area contributed by atoms with Crippen molar-refractivity contribution in [2.45, 2.75) is 13.8 Å². The molecule has 0 bridgehead atoms. The first-order valence-corrected chi connectivity index (χ1v) is 4.97. The van der Waals surface area contributed by atoms with Crippen LogP contribution in [0.5, 0.6) is 0 Å². The number of H-pyrrole nitrogens is 1. The smallest absolute Gasteiger partial charge is 0.232 e. The Labute approximate surface area is 90.6 Å². The van der Waals surface area contributed by atoms with Crippen LogP contribution in [0, 0.1) is 5.41 Å². The molecule has 0 saturated heterocycles. The maximum absolute atomic E-state index is 11.7. The van der Waals surface area contributed by atoms with Crippen molar-refractivity contribution in [2.24, 2.45) is 11.1 Å². The molecule has 4 N–H and O–H groups in total. The highest BCUT2D eigenvalue weighted by molar-refractivity contribution is 9.10. The monoisotopic (exact) mass is 260 g/mol. The summed E-state index contributed by atoms with van der Waals surface area (Å²) < 4.78 is 0.721. The number of anilines is 1. The SMILES string of the molecule is CC(C)(CN)C(=O)Nc1[nH]ncc1Br. The summed E-state index contributed by atoms with van der Waals surface area (Å²) in [5.74, 6) is 0.418. The summed E-state index contributed by atoms with van der Waals surface area (Å²) in [6, 6.07) is 0. The van der Waals surface area contributed by atoms with Gasteiger partial charge in [0.05, 0.1) is 16.1 Å². The molecule has 0 saturated carbocycles. The molecule has 0 aliphatic heterocycles. The molecule has 78 valence electrons. The lowest BCUT2D eigenvalue weighted by atomic mass is 9.93. The molecule has 0 aliphatic rings. The van der Waals surface area contributed by atoms with E-state index in [2.05, 4.69) is 31.4 Å². The number of nitrogens with zero attached hydrogens (tertiary/aromatic N) is 1. The van der Waals surface area contributed by atoms with E-state index in [1.807, 2.05) is 0 Å². The van der Waals surface area contributed by atoms with Crippen molar-refractivity contribution in [1.82, 2.24) is 10.2 Å². The van der Waals surface area contributed by atoms with E-state index < -0.39 is 5.41 Å². The van der Waals surface area contributed by atoms with Crippen molar-refractivity contribution in [3.8, 4) is 0 Å². The number of nitrogens with two attached hydrogens (primary N) is 1. The van der Waals surface area contributed by atoms with Crippen LogP contribution >= 0.6 is 15.9 Å². The minimum absolute atomic E-state index is 0.134. The maximum atomic E-state index is 11.7. The minimum atomic E-state index is -0.579. The molecule has 0 atom stereocenters. The van der Waals surface area contributed by atoms with Gasteiger partial charge in [0.15, 0.2) is 0 Å². The van der Waals surface area contributed by atoms with Gasteiger partial charge in [0, 0.05) is 6.54 Å². The van der Waals surface area contributed by atoms with Crippen molar-refractivity contribution in [2.75, 3.05) is 11.9 Å². The highest BCUT2D eigenvalue weighted by Crippen LogP contribution is 2.21. The summed E-state index contributed by atoms with van der Waals surface area (Å²) in [7, 11) is 0. The Morgan fingerprint density at radius 3 is 2.86 bits per heavy atom. The second kappa shape index (κ2) is 4.10. The van der Waals surface area contributed by atoms with Crippen LogP contribution in [-0.4, -0.2) is 22.6 Å². The first kappa shape index (κ1) is 11.2. The van der Waals surface area contributed by atoms with E-state index in [9.17, 15) is 4.79 Å². The zero-order valence-corrected chi connectivity index (χ0v) is 9.68. The summed E-state index contributed by atoms with van der Waals surface area (Å²) in [5, 5.41) is 9.13.